The Morgan fingerprint density at radius 3 is 3.00 bits per heavy atom. The van der Waals surface area contributed by atoms with E-state index in [4.69, 9.17) is 5.11 Å². The molecule has 1 heterocycles. The lowest BCUT2D eigenvalue weighted by atomic mass is 10.1. The molecule has 0 fully saturated rings. The molecular weight excluding hydrogens is 261 g/mol. The van der Waals surface area contributed by atoms with Gasteiger partial charge in [0, 0.05) is 18.0 Å². The number of H-pyrrole nitrogens is 1. The predicted octanol–water partition coefficient (Wildman–Crippen LogP) is 0.823. The summed E-state index contributed by atoms with van der Waals surface area (Å²) in [5.41, 5.74) is 0.338. The first-order chi connectivity index (χ1) is 9.70. The van der Waals surface area contributed by atoms with E-state index in [1.807, 2.05) is 0 Å². The summed E-state index contributed by atoms with van der Waals surface area (Å²) in [7, 11) is 0. The molecule has 3 N–H and O–H groups in total. The van der Waals surface area contributed by atoms with E-state index in [1.54, 1.807) is 12.4 Å². The first-order valence-electron chi connectivity index (χ1n) is 5.86. The Balaban J connectivity index is 2.05. The summed E-state index contributed by atoms with van der Waals surface area (Å²) < 4.78 is 13.7. The fourth-order valence-corrected chi connectivity index (χ4v) is 1.55. The summed E-state index contributed by atoms with van der Waals surface area (Å²) in [5.74, 6) is 4.43. The van der Waals surface area contributed by atoms with Crippen molar-refractivity contribution in [3.63, 3.8) is 0 Å². The molecule has 2 rings (SSSR count). The van der Waals surface area contributed by atoms with E-state index < -0.39 is 11.7 Å². The van der Waals surface area contributed by atoms with Gasteiger partial charge >= 0.3 is 0 Å². The second-order valence-electron chi connectivity index (χ2n) is 3.87. The van der Waals surface area contributed by atoms with Crippen LogP contribution in [0.25, 0.3) is 0 Å². The van der Waals surface area contributed by atoms with Crippen LogP contribution in [0.5, 0.6) is 0 Å². The number of nitrogens with one attached hydrogen (secondary N) is 2. The fourth-order valence-electron chi connectivity index (χ4n) is 1.55. The van der Waals surface area contributed by atoms with Crippen LogP contribution in [0, 0.1) is 17.7 Å². The first-order valence-corrected chi connectivity index (χ1v) is 5.86. The molecule has 6 heteroatoms. The summed E-state index contributed by atoms with van der Waals surface area (Å²) in [6.45, 7) is -0.107. The monoisotopic (exact) mass is 273 g/mol. The van der Waals surface area contributed by atoms with Crippen LogP contribution < -0.4 is 5.32 Å². The van der Waals surface area contributed by atoms with Gasteiger partial charge in [-0.05, 0) is 18.2 Å². The van der Waals surface area contributed by atoms with Crippen molar-refractivity contribution >= 4 is 5.91 Å². The molecule has 0 aliphatic rings. The van der Waals surface area contributed by atoms with Gasteiger partial charge in [-0.1, -0.05) is 11.8 Å². The average molecular weight is 273 g/mol. The van der Waals surface area contributed by atoms with Crippen LogP contribution in [0.15, 0.2) is 30.6 Å². The number of hydrogen-bond acceptors (Lipinski definition) is 3. The van der Waals surface area contributed by atoms with Crippen molar-refractivity contribution in [2.45, 2.75) is 6.54 Å². The molecule has 0 atom stereocenters. The Kier molecular flexibility index (Phi) is 4.47. The van der Waals surface area contributed by atoms with Crippen LogP contribution in [0.3, 0.4) is 0 Å². The van der Waals surface area contributed by atoms with Crippen LogP contribution in [0.4, 0.5) is 4.39 Å². The number of hydrogen-bond donors (Lipinski definition) is 3. The lowest BCUT2D eigenvalue weighted by Gasteiger charge is -2.04. The molecule has 0 aliphatic carbocycles. The maximum Gasteiger partial charge on any atom is 0.251 e. The van der Waals surface area contributed by atoms with Gasteiger partial charge in [-0.15, -0.1) is 0 Å². The smallest absolute Gasteiger partial charge is 0.251 e. The molecule has 1 aromatic carbocycles. The van der Waals surface area contributed by atoms with Crippen LogP contribution in [0.2, 0.25) is 0 Å². The molecule has 1 aromatic heterocycles. The number of aliphatic hydroxyl groups excluding tert-OH is 1. The second-order valence-corrected chi connectivity index (χ2v) is 3.87. The topological polar surface area (TPSA) is 78.0 Å². The van der Waals surface area contributed by atoms with Crippen molar-refractivity contribution in [1.29, 1.82) is 0 Å². The molecule has 0 saturated heterocycles. The van der Waals surface area contributed by atoms with Crippen molar-refractivity contribution in [3.05, 3.63) is 53.4 Å². The lowest BCUT2D eigenvalue weighted by molar-refractivity contribution is 0.0949. The molecule has 0 bridgehead atoms. The van der Waals surface area contributed by atoms with Gasteiger partial charge in [0.1, 0.15) is 18.2 Å². The Hall–Kier alpha value is -2.65. The average Bonchev–Trinajstić information content (AvgIpc) is 2.96. The second kappa shape index (κ2) is 6.50. The molecule has 20 heavy (non-hydrogen) atoms. The highest BCUT2D eigenvalue weighted by atomic mass is 19.1. The summed E-state index contributed by atoms with van der Waals surface area (Å²) in [5, 5.41) is 11.2. The van der Waals surface area contributed by atoms with E-state index in [-0.39, 0.29) is 24.3 Å². The largest absolute Gasteiger partial charge is 0.384 e. The third-order valence-electron chi connectivity index (χ3n) is 2.50. The number of rotatable bonds is 3. The highest BCUT2D eigenvalue weighted by Gasteiger charge is 2.09. The number of aromatic amines is 1. The maximum absolute atomic E-state index is 13.7. The van der Waals surface area contributed by atoms with Gasteiger partial charge in [0.15, 0.2) is 0 Å². The Morgan fingerprint density at radius 1 is 1.50 bits per heavy atom. The van der Waals surface area contributed by atoms with Gasteiger partial charge in [-0.2, -0.15) is 0 Å². The Morgan fingerprint density at radius 2 is 2.35 bits per heavy atom. The molecule has 102 valence electrons. The molecule has 0 radical (unpaired) electrons. The van der Waals surface area contributed by atoms with Crippen molar-refractivity contribution in [3.8, 4) is 11.8 Å². The van der Waals surface area contributed by atoms with Crippen LogP contribution in [-0.2, 0) is 6.54 Å². The van der Waals surface area contributed by atoms with Gasteiger partial charge in [0.25, 0.3) is 5.91 Å². The zero-order valence-corrected chi connectivity index (χ0v) is 10.5. The molecule has 1 amide bonds. The molecule has 0 spiro atoms. The van der Waals surface area contributed by atoms with E-state index in [2.05, 4.69) is 27.1 Å². The first kappa shape index (κ1) is 13.8. The maximum atomic E-state index is 13.7. The number of imidazole rings is 1. The highest BCUT2D eigenvalue weighted by molar-refractivity contribution is 5.94. The predicted molar refractivity (Wildman–Crippen MR) is 70.1 cm³/mol. The lowest BCUT2D eigenvalue weighted by Crippen LogP contribution is -2.23. The van der Waals surface area contributed by atoms with Crippen LogP contribution in [-0.4, -0.2) is 27.6 Å². The summed E-state index contributed by atoms with van der Waals surface area (Å²) in [4.78, 5) is 18.6. The SMILES string of the molecule is O=C(NCc1ncc[nH]1)c1ccc(C#CCO)c(F)c1. The number of nitrogens with zero attached hydrogens (tertiary/aromatic N) is 1. The van der Waals surface area contributed by atoms with E-state index >= 15 is 0 Å². The minimum atomic E-state index is -0.600. The van der Waals surface area contributed by atoms with E-state index in [0.717, 1.165) is 6.07 Å². The normalized spacial score (nSPS) is 9.70. The third kappa shape index (κ3) is 3.43. The fraction of sp³-hybridized carbons (Fsp3) is 0.143. The summed E-state index contributed by atoms with van der Waals surface area (Å²) >= 11 is 0. The zero-order valence-electron chi connectivity index (χ0n) is 10.5. The molecular formula is C14H12FN3O2. The number of benzene rings is 1. The zero-order chi connectivity index (χ0) is 14.4. The standard InChI is InChI=1S/C14H12FN3O2/c15-12-8-11(4-3-10(12)2-1-7-19)14(20)18-9-13-16-5-6-17-13/h3-6,8,19H,7,9H2,(H,16,17)(H,18,20). The highest BCUT2D eigenvalue weighted by Crippen LogP contribution is 2.09. The number of carbonyl (C=O) groups excluding carboxylic acids is 1. The van der Waals surface area contributed by atoms with E-state index in [1.165, 1.54) is 12.1 Å². The summed E-state index contributed by atoms with van der Waals surface area (Å²) in [6, 6.07) is 3.99. The number of aliphatic hydroxyl groups is 1. The minimum Gasteiger partial charge on any atom is -0.384 e. The molecule has 0 aliphatic heterocycles. The van der Waals surface area contributed by atoms with Crippen molar-refractivity contribution in [2.75, 3.05) is 6.61 Å². The molecule has 5 nitrogen and oxygen atoms in total. The number of amides is 1. The van der Waals surface area contributed by atoms with E-state index in [0.29, 0.717) is 5.82 Å². The quantitative estimate of drug-likeness (QED) is 0.725. The Labute approximate surface area is 114 Å². The van der Waals surface area contributed by atoms with Gasteiger partial charge < -0.3 is 15.4 Å². The van der Waals surface area contributed by atoms with Crippen LogP contribution >= 0.6 is 0 Å². The van der Waals surface area contributed by atoms with Gasteiger partial charge in [-0.25, -0.2) is 9.37 Å². The van der Waals surface area contributed by atoms with Gasteiger partial charge in [-0.3, -0.25) is 4.79 Å². The Bertz CT molecular complexity index is 657. The number of aromatic nitrogens is 2. The van der Waals surface area contributed by atoms with Crippen LogP contribution in [0.1, 0.15) is 21.7 Å². The van der Waals surface area contributed by atoms with Crippen molar-refractivity contribution in [1.82, 2.24) is 15.3 Å². The molecule has 2 aromatic rings. The number of carbonyl (C=O) groups is 1. The molecule has 0 unspecified atom stereocenters. The van der Waals surface area contributed by atoms with Gasteiger partial charge in [0.2, 0.25) is 0 Å². The number of halogens is 1. The van der Waals surface area contributed by atoms with Gasteiger partial charge in [0.05, 0.1) is 12.1 Å². The minimum absolute atomic E-state index is 0.140. The summed E-state index contributed by atoms with van der Waals surface area (Å²) in [6.07, 6.45) is 3.23. The molecule has 0 saturated carbocycles. The van der Waals surface area contributed by atoms with Crippen molar-refractivity contribution < 1.29 is 14.3 Å². The third-order valence-corrected chi connectivity index (χ3v) is 2.50. The van der Waals surface area contributed by atoms with Crippen molar-refractivity contribution in [2.24, 2.45) is 0 Å². The van der Waals surface area contributed by atoms with E-state index in [9.17, 15) is 9.18 Å².